The zero-order valence-electron chi connectivity index (χ0n) is 11.7. The third kappa shape index (κ3) is 2.82. The monoisotopic (exact) mass is 244 g/mol. The Hall–Kier alpha value is -1.11. The Morgan fingerprint density at radius 2 is 1.89 bits per heavy atom. The van der Waals surface area contributed by atoms with E-state index in [0.717, 1.165) is 6.42 Å². The van der Waals surface area contributed by atoms with E-state index in [9.17, 15) is 4.79 Å². The normalized spacial score (nSPS) is 27.7. The summed E-state index contributed by atoms with van der Waals surface area (Å²) in [5, 5.41) is 0. The van der Waals surface area contributed by atoms with Crippen molar-refractivity contribution in [1.82, 2.24) is 0 Å². The maximum atomic E-state index is 12.0. The SMILES string of the molecule is CC(C)C(=O)C[C@@H]1[C@@H](c2ccccc2)CC[C@@H]1C. The van der Waals surface area contributed by atoms with Crippen LogP contribution in [-0.2, 0) is 4.79 Å². The van der Waals surface area contributed by atoms with E-state index >= 15 is 0 Å². The second kappa shape index (κ2) is 5.69. The summed E-state index contributed by atoms with van der Waals surface area (Å²) in [6, 6.07) is 10.7. The van der Waals surface area contributed by atoms with Crippen LogP contribution in [0.1, 0.15) is 51.5 Å². The maximum Gasteiger partial charge on any atom is 0.135 e. The average molecular weight is 244 g/mol. The molecule has 0 bridgehead atoms. The van der Waals surface area contributed by atoms with Crippen LogP contribution >= 0.6 is 0 Å². The van der Waals surface area contributed by atoms with Crippen LogP contribution in [0.5, 0.6) is 0 Å². The van der Waals surface area contributed by atoms with E-state index in [1.54, 1.807) is 0 Å². The van der Waals surface area contributed by atoms with Gasteiger partial charge in [-0.05, 0) is 36.2 Å². The molecule has 0 unspecified atom stereocenters. The Morgan fingerprint density at radius 3 is 2.50 bits per heavy atom. The minimum atomic E-state index is 0.175. The predicted octanol–water partition coefficient (Wildman–Crippen LogP) is 4.43. The van der Waals surface area contributed by atoms with E-state index in [2.05, 4.69) is 37.3 Å². The van der Waals surface area contributed by atoms with Crippen LogP contribution < -0.4 is 0 Å². The minimum absolute atomic E-state index is 0.175. The molecule has 3 atom stereocenters. The molecule has 0 aromatic heterocycles. The fraction of sp³-hybridized carbons (Fsp3) is 0.588. The predicted molar refractivity (Wildman–Crippen MR) is 75.5 cm³/mol. The number of carbonyl (C=O) groups excluding carboxylic acids is 1. The lowest BCUT2D eigenvalue weighted by atomic mass is 9.81. The second-order valence-corrected chi connectivity index (χ2v) is 6.06. The largest absolute Gasteiger partial charge is 0.299 e. The van der Waals surface area contributed by atoms with Gasteiger partial charge in [-0.1, -0.05) is 51.1 Å². The maximum absolute atomic E-state index is 12.0. The molecule has 0 N–H and O–H groups in total. The number of ketones is 1. The lowest BCUT2D eigenvalue weighted by Crippen LogP contribution is -2.19. The Labute approximate surface area is 111 Å². The van der Waals surface area contributed by atoms with Crippen LogP contribution in [0, 0.1) is 17.8 Å². The molecule has 1 fully saturated rings. The van der Waals surface area contributed by atoms with Gasteiger partial charge in [0.25, 0.3) is 0 Å². The van der Waals surface area contributed by atoms with Crippen molar-refractivity contribution in [2.45, 2.75) is 46.0 Å². The summed E-state index contributed by atoms with van der Waals surface area (Å²) in [6.07, 6.45) is 3.26. The molecule has 0 spiro atoms. The minimum Gasteiger partial charge on any atom is -0.299 e. The van der Waals surface area contributed by atoms with Crippen LogP contribution in [0.2, 0.25) is 0 Å². The quantitative estimate of drug-likeness (QED) is 0.765. The van der Waals surface area contributed by atoms with Gasteiger partial charge in [-0.15, -0.1) is 0 Å². The lowest BCUT2D eigenvalue weighted by molar-refractivity contribution is -0.123. The molecule has 0 saturated heterocycles. The first-order chi connectivity index (χ1) is 8.59. The molecule has 1 aliphatic carbocycles. The van der Waals surface area contributed by atoms with Gasteiger partial charge < -0.3 is 0 Å². The van der Waals surface area contributed by atoms with Gasteiger partial charge in [0.05, 0.1) is 0 Å². The molecule has 1 aromatic carbocycles. The first-order valence-corrected chi connectivity index (χ1v) is 7.17. The second-order valence-electron chi connectivity index (χ2n) is 6.06. The number of hydrogen-bond donors (Lipinski definition) is 0. The van der Waals surface area contributed by atoms with E-state index in [1.807, 2.05) is 13.8 Å². The van der Waals surface area contributed by atoms with Crippen molar-refractivity contribution in [1.29, 1.82) is 0 Å². The van der Waals surface area contributed by atoms with Gasteiger partial charge in [0.2, 0.25) is 0 Å². The van der Waals surface area contributed by atoms with Gasteiger partial charge in [0.15, 0.2) is 0 Å². The van der Waals surface area contributed by atoms with Crippen LogP contribution in [0.25, 0.3) is 0 Å². The molecule has 0 aliphatic heterocycles. The number of Topliss-reactive ketones (excluding diaryl/α,β-unsaturated/α-hetero) is 1. The van der Waals surface area contributed by atoms with E-state index in [0.29, 0.717) is 23.5 Å². The number of benzene rings is 1. The Bertz CT molecular complexity index is 393. The van der Waals surface area contributed by atoms with Crippen molar-refractivity contribution in [2.75, 3.05) is 0 Å². The Morgan fingerprint density at radius 1 is 1.22 bits per heavy atom. The molecule has 0 amide bonds. The highest BCUT2D eigenvalue weighted by atomic mass is 16.1. The molecular weight excluding hydrogens is 220 g/mol. The summed E-state index contributed by atoms with van der Waals surface area (Å²) < 4.78 is 0. The third-order valence-corrected chi connectivity index (χ3v) is 4.49. The average Bonchev–Trinajstić information content (AvgIpc) is 2.72. The van der Waals surface area contributed by atoms with E-state index in [-0.39, 0.29) is 5.92 Å². The molecule has 18 heavy (non-hydrogen) atoms. The first-order valence-electron chi connectivity index (χ1n) is 7.17. The molecule has 1 saturated carbocycles. The molecule has 2 rings (SSSR count). The van der Waals surface area contributed by atoms with Gasteiger partial charge in [-0.25, -0.2) is 0 Å². The van der Waals surface area contributed by atoms with Crippen LogP contribution in [0.4, 0.5) is 0 Å². The highest BCUT2D eigenvalue weighted by Gasteiger charge is 2.35. The van der Waals surface area contributed by atoms with E-state index in [4.69, 9.17) is 0 Å². The molecule has 1 nitrogen and oxygen atoms in total. The number of rotatable bonds is 4. The summed E-state index contributed by atoms with van der Waals surface area (Å²) in [5.74, 6) is 2.41. The van der Waals surface area contributed by atoms with Crippen molar-refractivity contribution < 1.29 is 4.79 Å². The molecule has 0 radical (unpaired) electrons. The molecule has 1 heteroatoms. The standard InChI is InChI=1S/C17H24O/c1-12(2)17(18)11-16-13(3)9-10-15(16)14-7-5-4-6-8-14/h4-8,12-13,15-16H,9-11H2,1-3H3/t13-,15+,16-/m0/s1. The zero-order valence-corrected chi connectivity index (χ0v) is 11.7. The summed E-state index contributed by atoms with van der Waals surface area (Å²) in [6.45, 7) is 6.33. The van der Waals surface area contributed by atoms with Crippen LogP contribution in [0.15, 0.2) is 30.3 Å². The van der Waals surface area contributed by atoms with Crippen molar-refractivity contribution in [2.24, 2.45) is 17.8 Å². The van der Waals surface area contributed by atoms with Crippen molar-refractivity contribution in [3.63, 3.8) is 0 Å². The summed E-state index contributed by atoms with van der Waals surface area (Å²) in [7, 11) is 0. The lowest BCUT2D eigenvalue weighted by Gasteiger charge is -2.23. The van der Waals surface area contributed by atoms with Gasteiger partial charge in [-0.2, -0.15) is 0 Å². The first kappa shape index (κ1) is 13.3. The van der Waals surface area contributed by atoms with Gasteiger partial charge >= 0.3 is 0 Å². The summed E-state index contributed by atoms with van der Waals surface area (Å²) in [5.41, 5.74) is 1.42. The molecular formula is C17H24O. The fourth-order valence-electron chi connectivity index (χ4n) is 3.19. The van der Waals surface area contributed by atoms with Gasteiger partial charge in [-0.3, -0.25) is 4.79 Å². The third-order valence-electron chi connectivity index (χ3n) is 4.49. The molecule has 1 aromatic rings. The number of carbonyl (C=O) groups is 1. The topological polar surface area (TPSA) is 17.1 Å². The van der Waals surface area contributed by atoms with Crippen LogP contribution in [-0.4, -0.2) is 5.78 Å². The molecule has 0 heterocycles. The Balaban J connectivity index is 2.13. The van der Waals surface area contributed by atoms with Crippen molar-refractivity contribution >= 4 is 5.78 Å². The smallest absolute Gasteiger partial charge is 0.135 e. The van der Waals surface area contributed by atoms with Gasteiger partial charge in [0, 0.05) is 12.3 Å². The van der Waals surface area contributed by atoms with E-state index in [1.165, 1.54) is 18.4 Å². The van der Waals surface area contributed by atoms with Crippen molar-refractivity contribution in [3.05, 3.63) is 35.9 Å². The highest BCUT2D eigenvalue weighted by Crippen LogP contribution is 2.45. The number of hydrogen-bond acceptors (Lipinski definition) is 1. The highest BCUT2D eigenvalue weighted by molar-refractivity contribution is 5.80. The zero-order chi connectivity index (χ0) is 13.1. The summed E-state index contributed by atoms with van der Waals surface area (Å²) >= 11 is 0. The fourth-order valence-corrected chi connectivity index (χ4v) is 3.19. The summed E-state index contributed by atoms with van der Waals surface area (Å²) in [4.78, 5) is 12.0. The van der Waals surface area contributed by atoms with Gasteiger partial charge in [0.1, 0.15) is 5.78 Å². The molecule has 1 aliphatic rings. The molecule has 98 valence electrons. The van der Waals surface area contributed by atoms with E-state index < -0.39 is 0 Å². The van der Waals surface area contributed by atoms with Crippen LogP contribution in [0.3, 0.4) is 0 Å². The van der Waals surface area contributed by atoms with Crippen molar-refractivity contribution in [3.8, 4) is 0 Å². The Kier molecular flexibility index (Phi) is 4.21.